The van der Waals surface area contributed by atoms with Gasteiger partial charge < -0.3 is 9.47 Å². The van der Waals surface area contributed by atoms with Crippen molar-refractivity contribution in [2.75, 3.05) is 20.2 Å². The van der Waals surface area contributed by atoms with Gasteiger partial charge in [-0.1, -0.05) is 18.6 Å². The molecule has 1 aliphatic carbocycles. The van der Waals surface area contributed by atoms with Gasteiger partial charge in [-0.05, 0) is 57.3 Å². The summed E-state index contributed by atoms with van der Waals surface area (Å²) in [6.07, 6.45) is 7.06. The molecule has 1 saturated heterocycles. The van der Waals surface area contributed by atoms with Gasteiger partial charge >= 0.3 is 5.97 Å². The second-order valence-corrected chi connectivity index (χ2v) is 6.24. The van der Waals surface area contributed by atoms with E-state index in [9.17, 15) is 4.79 Å². The lowest BCUT2D eigenvalue weighted by Crippen LogP contribution is -2.46. The van der Waals surface area contributed by atoms with Gasteiger partial charge in [0.05, 0.1) is 7.11 Å². The molecule has 0 bridgehead atoms. The predicted octanol–water partition coefficient (Wildman–Crippen LogP) is 3.26. The van der Waals surface area contributed by atoms with Gasteiger partial charge in [0, 0.05) is 6.04 Å². The first-order valence-corrected chi connectivity index (χ1v) is 8.37. The molecule has 1 aliphatic heterocycles. The SMILES string of the molecule is COc1ccccc1C(=O)O[C@@H]1CCCC[C@H]1N1CCCC1. The average molecular weight is 303 g/mol. The van der Waals surface area contributed by atoms with Gasteiger partial charge in [0.1, 0.15) is 17.4 Å². The van der Waals surface area contributed by atoms with E-state index in [1.165, 1.54) is 19.3 Å². The Morgan fingerprint density at radius 1 is 1.09 bits per heavy atom. The standard InChI is InChI=1S/C18H25NO3/c1-21-16-10-4-2-8-14(16)18(20)22-17-11-5-3-9-15(17)19-12-6-7-13-19/h2,4,8,10,15,17H,3,5-7,9,11-13H2,1H3/t15-,17-/m1/s1. The van der Waals surface area contributed by atoms with Crippen molar-refractivity contribution < 1.29 is 14.3 Å². The van der Waals surface area contributed by atoms with Crippen LogP contribution in [0.25, 0.3) is 0 Å². The lowest BCUT2D eigenvalue weighted by molar-refractivity contribution is -0.0127. The molecule has 1 aromatic rings. The highest BCUT2D eigenvalue weighted by Crippen LogP contribution is 2.29. The van der Waals surface area contributed by atoms with Crippen molar-refractivity contribution in [1.29, 1.82) is 0 Å². The molecule has 1 aromatic carbocycles. The third-order valence-electron chi connectivity index (χ3n) is 4.86. The van der Waals surface area contributed by atoms with Gasteiger partial charge in [-0.15, -0.1) is 0 Å². The van der Waals surface area contributed by atoms with Crippen LogP contribution in [0.5, 0.6) is 5.75 Å². The van der Waals surface area contributed by atoms with Gasteiger partial charge in [-0.3, -0.25) is 4.90 Å². The average Bonchev–Trinajstić information content (AvgIpc) is 3.09. The zero-order valence-electron chi connectivity index (χ0n) is 13.3. The van der Waals surface area contributed by atoms with Crippen molar-refractivity contribution in [1.82, 2.24) is 4.90 Å². The Morgan fingerprint density at radius 2 is 1.82 bits per heavy atom. The molecule has 3 rings (SSSR count). The topological polar surface area (TPSA) is 38.8 Å². The zero-order valence-corrected chi connectivity index (χ0v) is 13.3. The smallest absolute Gasteiger partial charge is 0.342 e. The number of benzene rings is 1. The number of hydrogen-bond donors (Lipinski definition) is 0. The molecule has 2 atom stereocenters. The Bertz CT molecular complexity index is 511. The van der Waals surface area contributed by atoms with Crippen LogP contribution in [0.1, 0.15) is 48.9 Å². The fourth-order valence-electron chi connectivity index (χ4n) is 3.72. The monoisotopic (exact) mass is 303 g/mol. The van der Waals surface area contributed by atoms with E-state index in [1.807, 2.05) is 12.1 Å². The Morgan fingerprint density at radius 3 is 2.59 bits per heavy atom. The number of likely N-dealkylation sites (tertiary alicyclic amines) is 1. The summed E-state index contributed by atoms with van der Waals surface area (Å²) in [5.41, 5.74) is 0.524. The molecular formula is C18H25NO3. The molecule has 4 heteroatoms. The number of para-hydroxylation sites is 1. The first-order chi connectivity index (χ1) is 10.8. The Hall–Kier alpha value is -1.55. The maximum absolute atomic E-state index is 12.5. The number of carbonyl (C=O) groups excluding carboxylic acids is 1. The number of rotatable bonds is 4. The zero-order chi connectivity index (χ0) is 15.4. The lowest BCUT2D eigenvalue weighted by Gasteiger charge is -2.37. The van der Waals surface area contributed by atoms with E-state index in [1.54, 1.807) is 19.2 Å². The van der Waals surface area contributed by atoms with Gasteiger partial charge in [-0.2, -0.15) is 0 Å². The van der Waals surface area contributed by atoms with Gasteiger partial charge in [-0.25, -0.2) is 4.79 Å². The number of ether oxygens (including phenoxy) is 2. The quantitative estimate of drug-likeness (QED) is 0.800. The minimum atomic E-state index is -0.256. The largest absolute Gasteiger partial charge is 0.496 e. The number of methoxy groups -OCH3 is 1. The van der Waals surface area contributed by atoms with Crippen LogP contribution >= 0.6 is 0 Å². The highest BCUT2D eigenvalue weighted by molar-refractivity contribution is 5.92. The third-order valence-corrected chi connectivity index (χ3v) is 4.86. The predicted molar refractivity (Wildman–Crippen MR) is 85.3 cm³/mol. The number of carbonyl (C=O) groups is 1. The van der Waals surface area contributed by atoms with E-state index in [2.05, 4.69) is 4.90 Å². The minimum Gasteiger partial charge on any atom is -0.496 e. The highest BCUT2D eigenvalue weighted by Gasteiger charge is 2.34. The molecule has 120 valence electrons. The van der Waals surface area contributed by atoms with Crippen molar-refractivity contribution in [3.05, 3.63) is 29.8 Å². The molecule has 0 unspecified atom stereocenters. The van der Waals surface area contributed by atoms with Crippen LogP contribution in [0.15, 0.2) is 24.3 Å². The van der Waals surface area contributed by atoms with Crippen LogP contribution in [0.4, 0.5) is 0 Å². The van der Waals surface area contributed by atoms with Crippen LogP contribution in [-0.4, -0.2) is 43.2 Å². The van der Waals surface area contributed by atoms with Crippen LogP contribution in [0, 0.1) is 0 Å². The Labute approximate surface area is 132 Å². The second-order valence-electron chi connectivity index (χ2n) is 6.24. The number of esters is 1. The molecule has 1 heterocycles. The maximum atomic E-state index is 12.5. The van der Waals surface area contributed by atoms with Crippen LogP contribution in [0.3, 0.4) is 0 Å². The molecule has 0 radical (unpaired) electrons. The van der Waals surface area contributed by atoms with E-state index in [0.717, 1.165) is 32.4 Å². The summed E-state index contributed by atoms with van der Waals surface area (Å²) in [6, 6.07) is 7.68. The second kappa shape index (κ2) is 7.14. The minimum absolute atomic E-state index is 0.0178. The van der Waals surface area contributed by atoms with Crippen LogP contribution in [0.2, 0.25) is 0 Å². The van der Waals surface area contributed by atoms with E-state index in [0.29, 0.717) is 17.4 Å². The van der Waals surface area contributed by atoms with Crippen molar-refractivity contribution in [3.63, 3.8) is 0 Å². The molecule has 1 saturated carbocycles. The maximum Gasteiger partial charge on any atom is 0.342 e. The number of nitrogens with zero attached hydrogens (tertiary/aromatic N) is 1. The van der Waals surface area contributed by atoms with E-state index < -0.39 is 0 Å². The van der Waals surface area contributed by atoms with Crippen molar-refractivity contribution >= 4 is 5.97 Å². The van der Waals surface area contributed by atoms with Gasteiger partial charge in [0.25, 0.3) is 0 Å². The fraction of sp³-hybridized carbons (Fsp3) is 0.611. The molecule has 0 spiro atoms. The highest BCUT2D eigenvalue weighted by atomic mass is 16.5. The molecular weight excluding hydrogens is 278 g/mol. The summed E-state index contributed by atoms with van der Waals surface area (Å²) in [7, 11) is 1.58. The third kappa shape index (κ3) is 3.27. The first-order valence-electron chi connectivity index (χ1n) is 8.37. The normalized spacial score (nSPS) is 25.9. The summed E-state index contributed by atoms with van der Waals surface area (Å²) >= 11 is 0. The Balaban J connectivity index is 1.70. The van der Waals surface area contributed by atoms with E-state index >= 15 is 0 Å². The van der Waals surface area contributed by atoms with Crippen molar-refractivity contribution in [2.45, 2.75) is 50.7 Å². The van der Waals surface area contributed by atoms with E-state index in [-0.39, 0.29) is 12.1 Å². The molecule has 22 heavy (non-hydrogen) atoms. The van der Waals surface area contributed by atoms with Crippen LogP contribution in [-0.2, 0) is 4.74 Å². The summed E-state index contributed by atoms with van der Waals surface area (Å²) in [5.74, 6) is 0.328. The summed E-state index contributed by atoms with van der Waals surface area (Å²) < 4.78 is 11.2. The van der Waals surface area contributed by atoms with Gasteiger partial charge in [0.2, 0.25) is 0 Å². The van der Waals surface area contributed by atoms with Crippen LogP contribution < -0.4 is 4.74 Å². The molecule has 2 fully saturated rings. The first kappa shape index (κ1) is 15.3. The molecule has 0 N–H and O–H groups in total. The molecule has 0 amide bonds. The number of hydrogen-bond acceptors (Lipinski definition) is 4. The summed E-state index contributed by atoms with van der Waals surface area (Å²) in [5, 5.41) is 0. The van der Waals surface area contributed by atoms with Gasteiger partial charge in [0.15, 0.2) is 0 Å². The summed E-state index contributed by atoms with van der Waals surface area (Å²) in [6.45, 7) is 2.29. The summed E-state index contributed by atoms with van der Waals surface area (Å²) in [4.78, 5) is 15.0. The Kier molecular flexibility index (Phi) is 4.98. The molecule has 4 nitrogen and oxygen atoms in total. The fourth-order valence-corrected chi connectivity index (χ4v) is 3.72. The lowest BCUT2D eigenvalue weighted by atomic mass is 9.91. The molecule has 2 aliphatic rings. The molecule has 0 aromatic heterocycles. The van der Waals surface area contributed by atoms with E-state index in [4.69, 9.17) is 9.47 Å². The van der Waals surface area contributed by atoms with Crippen molar-refractivity contribution in [3.8, 4) is 5.75 Å². The van der Waals surface area contributed by atoms with Crippen molar-refractivity contribution in [2.24, 2.45) is 0 Å².